The van der Waals surface area contributed by atoms with Gasteiger partial charge in [-0.3, -0.25) is 4.79 Å². The average Bonchev–Trinajstić information content (AvgIpc) is 2.96. The number of thiophene rings is 1. The van der Waals surface area contributed by atoms with E-state index in [1.54, 1.807) is 7.11 Å². The number of aryl methyl sites for hydroxylation is 3. The molecule has 170 valence electrons. The van der Waals surface area contributed by atoms with Crippen LogP contribution in [0.5, 0.6) is 5.88 Å². The van der Waals surface area contributed by atoms with Gasteiger partial charge in [-0.25, -0.2) is 4.98 Å². The van der Waals surface area contributed by atoms with E-state index < -0.39 is 0 Å². The Morgan fingerprint density at radius 3 is 2.77 bits per heavy atom. The third-order valence-electron chi connectivity index (χ3n) is 6.49. The second kappa shape index (κ2) is 10.6. The van der Waals surface area contributed by atoms with Crippen LogP contribution in [0.2, 0.25) is 0 Å². The summed E-state index contributed by atoms with van der Waals surface area (Å²) < 4.78 is 5.55. The molecule has 0 radical (unpaired) electrons. The van der Waals surface area contributed by atoms with E-state index in [1.165, 1.54) is 28.2 Å². The van der Waals surface area contributed by atoms with Gasteiger partial charge < -0.3 is 15.0 Å². The van der Waals surface area contributed by atoms with E-state index in [-0.39, 0.29) is 5.91 Å². The van der Waals surface area contributed by atoms with Crippen LogP contribution in [0.4, 0.5) is 0 Å². The third-order valence-corrected chi connectivity index (χ3v) is 7.86. The van der Waals surface area contributed by atoms with Gasteiger partial charge in [0.05, 0.1) is 19.2 Å². The minimum absolute atomic E-state index is 0.165. The van der Waals surface area contributed by atoms with Crippen LogP contribution in [0.3, 0.4) is 0 Å². The minimum atomic E-state index is 0.165. The Morgan fingerprint density at radius 1 is 1.32 bits per heavy atom. The van der Waals surface area contributed by atoms with Crippen molar-refractivity contribution in [2.24, 2.45) is 5.92 Å². The molecule has 1 aliphatic heterocycles. The third kappa shape index (κ3) is 5.29. The van der Waals surface area contributed by atoms with Crippen molar-refractivity contribution >= 4 is 17.2 Å². The number of fused-ring (bicyclic) bond motifs is 1. The molecule has 0 saturated carbocycles. The molecule has 0 saturated heterocycles. The Balaban J connectivity index is 1.86. The topological polar surface area (TPSA) is 54.5 Å². The normalized spacial score (nSPS) is 15.0. The van der Waals surface area contributed by atoms with Crippen LogP contribution in [-0.4, -0.2) is 43.0 Å². The predicted molar refractivity (Wildman–Crippen MR) is 128 cm³/mol. The molecule has 1 aliphatic rings. The number of ether oxygens (including phenoxy) is 1. The van der Waals surface area contributed by atoms with Crippen LogP contribution in [0, 0.1) is 26.7 Å². The summed E-state index contributed by atoms with van der Waals surface area (Å²) in [6, 6.07) is 2.07. The van der Waals surface area contributed by atoms with Crippen LogP contribution in [0.15, 0.2) is 6.07 Å². The van der Waals surface area contributed by atoms with Crippen molar-refractivity contribution in [2.45, 2.75) is 66.3 Å². The molecule has 1 amide bonds. The SMILES string of the molecule is CCC(CCNC)Cc1sc2c(c1C)C(=O)N(Cc1c(C)cc(C)nc1OC)CCC2. The fourth-order valence-electron chi connectivity index (χ4n) is 4.56. The number of amides is 1. The summed E-state index contributed by atoms with van der Waals surface area (Å²) in [4.78, 5) is 22.8. The molecule has 0 aromatic carbocycles. The monoisotopic (exact) mass is 443 g/mol. The summed E-state index contributed by atoms with van der Waals surface area (Å²) in [7, 11) is 3.67. The number of nitrogens with zero attached hydrogens (tertiary/aromatic N) is 2. The number of rotatable bonds is 9. The first-order chi connectivity index (χ1) is 14.9. The molecule has 0 aliphatic carbocycles. The van der Waals surface area contributed by atoms with E-state index in [2.05, 4.69) is 37.1 Å². The van der Waals surface area contributed by atoms with Crippen LogP contribution in [0.25, 0.3) is 0 Å². The van der Waals surface area contributed by atoms with Crippen molar-refractivity contribution in [3.8, 4) is 5.88 Å². The fraction of sp³-hybridized carbons (Fsp3) is 0.600. The molecule has 0 bridgehead atoms. The first-order valence-electron chi connectivity index (χ1n) is 11.5. The zero-order valence-corrected chi connectivity index (χ0v) is 20.7. The highest BCUT2D eigenvalue weighted by molar-refractivity contribution is 7.12. The molecule has 1 atom stereocenters. The lowest BCUT2D eigenvalue weighted by atomic mass is 9.95. The molecule has 3 heterocycles. The van der Waals surface area contributed by atoms with Crippen molar-refractivity contribution < 1.29 is 9.53 Å². The highest BCUT2D eigenvalue weighted by atomic mass is 32.1. The number of methoxy groups -OCH3 is 1. The second-order valence-corrected chi connectivity index (χ2v) is 9.91. The van der Waals surface area contributed by atoms with Crippen LogP contribution < -0.4 is 10.1 Å². The van der Waals surface area contributed by atoms with Crippen LogP contribution in [0.1, 0.15) is 68.7 Å². The Labute approximate surface area is 191 Å². The molecule has 5 nitrogen and oxygen atoms in total. The van der Waals surface area contributed by atoms with E-state index in [4.69, 9.17) is 4.74 Å². The second-order valence-electron chi connectivity index (χ2n) is 8.72. The van der Waals surface area contributed by atoms with Gasteiger partial charge in [0.15, 0.2) is 0 Å². The molecular weight excluding hydrogens is 406 g/mol. The summed E-state index contributed by atoms with van der Waals surface area (Å²) in [5.74, 6) is 1.45. The largest absolute Gasteiger partial charge is 0.481 e. The van der Waals surface area contributed by atoms with Gasteiger partial charge in [0.2, 0.25) is 5.88 Å². The van der Waals surface area contributed by atoms with E-state index >= 15 is 0 Å². The van der Waals surface area contributed by atoms with Gasteiger partial charge in [-0.05, 0) is 83.2 Å². The van der Waals surface area contributed by atoms with Gasteiger partial charge in [0.1, 0.15) is 0 Å². The van der Waals surface area contributed by atoms with Gasteiger partial charge in [-0.1, -0.05) is 13.3 Å². The zero-order valence-electron chi connectivity index (χ0n) is 19.9. The number of pyridine rings is 1. The first kappa shape index (κ1) is 23.7. The minimum Gasteiger partial charge on any atom is -0.481 e. The quantitative estimate of drug-likeness (QED) is 0.602. The van der Waals surface area contributed by atoms with Crippen molar-refractivity contribution in [1.29, 1.82) is 0 Å². The van der Waals surface area contributed by atoms with Crippen molar-refractivity contribution in [3.63, 3.8) is 0 Å². The highest BCUT2D eigenvalue weighted by Crippen LogP contribution is 2.35. The number of carbonyl (C=O) groups excluding carboxylic acids is 1. The van der Waals surface area contributed by atoms with E-state index in [0.717, 1.165) is 54.7 Å². The first-order valence-corrected chi connectivity index (χ1v) is 12.3. The summed E-state index contributed by atoms with van der Waals surface area (Å²) in [5.41, 5.74) is 5.23. The van der Waals surface area contributed by atoms with Gasteiger partial charge >= 0.3 is 0 Å². The van der Waals surface area contributed by atoms with Crippen molar-refractivity contribution in [1.82, 2.24) is 15.2 Å². The smallest absolute Gasteiger partial charge is 0.255 e. The standard InChI is InChI=1S/C25H37N3O2S/c1-7-19(10-11-26-5)14-22-18(4)23-21(31-22)9-8-12-28(25(23)29)15-20-16(2)13-17(3)27-24(20)30-6/h13,19,26H,7-12,14-15H2,1-6H3. The van der Waals surface area contributed by atoms with Gasteiger partial charge in [0, 0.05) is 27.6 Å². The fourth-order valence-corrected chi connectivity index (χ4v) is 6.02. The number of hydrogen-bond donors (Lipinski definition) is 1. The number of hydrogen-bond acceptors (Lipinski definition) is 5. The molecule has 3 rings (SSSR count). The lowest BCUT2D eigenvalue weighted by Gasteiger charge is -2.23. The van der Waals surface area contributed by atoms with Crippen LogP contribution in [-0.2, 0) is 19.4 Å². The zero-order chi connectivity index (χ0) is 22.5. The Kier molecular flexibility index (Phi) is 8.11. The lowest BCUT2D eigenvalue weighted by molar-refractivity contribution is 0.0746. The number of nitrogens with one attached hydrogen (secondary N) is 1. The molecule has 0 fully saturated rings. The number of aromatic nitrogens is 1. The molecule has 2 aromatic heterocycles. The maximum atomic E-state index is 13.6. The summed E-state index contributed by atoms with van der Waals surface area (Å²) in [5, 5.41) is 3.27. The average molecular weight is 444 g/mol. The molecule has 2 aromatic rings. The summed E-state index contributed by atoms with van der Waals surface area (Å²) >= 11 is 1.87. The van der Waals surface area contributed by atoms with Gasteiger partial charge in [-0.15, -0.1) is 11.3 Å². The van der Waals surface area contributed by atoms with E-state index in [1.807, 2.05) is 30.2 Å². The Hall–Kier alpha value is -1.92. The molecule has 31 heavy (non-hydrogen) atoms. The molecular formula is C25H37N3O2S. The predicted octanol–water partition coefficient (Wildman–Crippen LogP) is 4.84. The Morgan fingerprint density at radius 2 is 2.10 bits per heavy atom. The maximum Gasteiger partial charge on any atom is 0.255 e. The molecule has 6 heteroatoms. The Bertz CT molecular complexity index is 922. The highest BCUT2D eigenvalue weighted by Gasteiger charge is 2.29. The van der Waals surface area contributed by atoms with E-state index in [0.29, 0.717) is 18.3 Å². The van der Waals surface area contributed by atoms with Crippen molar-refractivity contribution in [2.75, 3.05) is 27.2 Å². The maximum absolute atomic E-state index is 13.6. The van der Waals surface area contributed by atoms with Gasteiger partial charge in [0.25, 0.3) is 5.91 Å². The molecule has 1 N–H and O–H groups in total. The molecule has 1 unspecified atom stereocenters. The van der Waals surface area contributed by atoms with Gasteiger partial charge in [-0.2, -0.15) is 0 Å². The molecule has 0 spiro atoms. The lowest BCUT2D eigenvalue weighted by Crippen LogP contribution is -2.31. The van der Waals surface area contributed by atoms with E-state index in [9.17, 15) is 4.79 Å². The van der Waals surface area contributed by atoms with Crippen LogP contribution >= 0.6 is 11.3 Å². The van der Waals surface area contributed by atoms with Crippen molar-refractivity contribution in [3.05, 3.63) is 43.8 Å². The summed E-state index contributed by atoms with van der Waals surface area (Å²) in [6.45, 7) is 10.8. The number of carbonyl (C=O) groups is 1. The summed E-state index contributed by atoms with van der Waals surface area (Å²) in [6.07, 6.45) is 5.40.